The molecule has 39 heavy (non-hydrogen) atoms. The Morgan fingerprint density at radius 1 is 0.436 bits per heavy atom. The predicted molar refractivity (Wildman–Crippen MR) is 171 cm³/mol. The van der Waals surface area contributed by atoms with E-state index in [0.717, 1.165) is 38.9 Å². The fraction of sp³-hybridized carbons (Fsp3) is 1.00. The molecule has 0 radical (unpaired) electrons. The molecule has 0 aliphatic rings. The van der Waals surface area contributed by atoms with E-state index < -0.39 is 7.82 Å². The largest absolute Gasteiger partial charge is 0.472 e. The molecule has 0 rings (SSSR count). The van der Waals surface area contributed by atoms with Gasteiger partial charge in [0.05, 0.1) is 13.2 Å². The van der Waals surface area contributed by atoms with Crippen LogP contribution in [0.25, 0.3) is 0 Å². The van der Waals surface area contributed by atoms with Crippen molar-refractivity contribution in [3.05, 3.63) is 0 Å². The second-order valence-corrected chi connectivity index (χ2v) is 13.2. The molecular formula is C33H70NO4P. The first-order valence-electron chi connectivity index (χ1n) is 17.4. The molecule has 0 heterocycles. The molecule has 0 aliphatic heterocycles. The molecular weight excluding hydrogens is 505 g/mol. The molecule has 0 spiro atoms. The van der Waals surface area contributed by atoms with Gasteiger partial charge < -0.3 is 9.79 Å². The van der Waals surface area contributed by atoms with Gasteiger partial charge in [0.15, 0.2) is 0 Å². The van der Waals surface area contributed by atoms with E-state index in [9.17, 15) is 9.46 Å². The first kappa shape index (κ1) is 39.1. The van der Waals surface area contributed by atoms with Gasteiger partial charge in [0.1, 0.15) is 0 Å². The molecule has 0 aromatic rings. The van der Waals surface area contributed by atoms with Crippen LogP contribution in [-0.4, -0.2) is 42.6 Å². The maximum absolute atomic E-state index is 12.3. The summed E-state index contributed by atoms with van der Waals surface area (Å²) < 4.78 is 22.8. The van der Waals surface area contributed by atoms with Crippen molar-refractivity contribution in [2.24, 2.45) is 0 Å². The van der Waals surface area contributed by atoms with Crippen molar-refractivity contribution in [2.75, 3.05) is 32.8 Å². The molecule has 0 fully saturated rings. The van der Waals surface area contributed by atoms with Crippen LogP contribution >= 0.6 is 7.82 Å². The van der Waals surface area contributed by atoms with Crippen molar-refractivity contribution in [3.63, 3.8) is 0 Å². The minimum atomic E-state index is -3.93. The van der Waals surface area contributed by atoms with Crippen LogP contribution in [0, 0.1) is 0 Å². The van der Waals surface area contributed by atoms with E-state index in [1.807, 2.05) is 0 Å². The minimum Gasteiger partial charge on any atom is -0.303 e. The standard InChI is InChI=1S/C33H70NO4P/c1-4-7-10-13-16-17-18-21-24-27-32-37-39(35,36)38-33-28-31-34(29-25-22-19-14-11-8-5-2)30-26-23-20-15-12-9-6-3/h4-33H2,1-3H3,(H,35,36). The third-order valence-electron chi connectivity index (χ3n) is 7.78. The van der Waals surface area contributed by atoms with Crippen LogP contribution in [0.15, 0.2) is 0 Å². The third kappa shape index (κ3) is 30.8. The summed E-state index contributed by atoms with van der Waals surface area (Å²) >= 11 is 0. The second kappa shape index (κ2) is 31.0. The van der Waals surface area contributed by atoms with E-state index in [2.05, 4.69) is 25.7 Å². The highest BCUT2D eigenvalue weighted by molar-refractivity contribution is 7.47. The number of nitrogens with zero attached hydrogens (tertiary/aromatic N) is 1. The van der Waals surface area contributed by atoms with Crippen molar-refractivity contribution in [1.82, 2.24) is 4.90 Å². The lowest BCUT2D eigenvalue weighted by atomic mass is 10.1. The SMILES string of the molecule is CCCCCCCCCCCCOP(=O)(O)OCCCN(CCCCCCCCC)CCCCCCCCC. The number of phosphoric acid groups is 1. The molecule has 1 N–H and O–H groups in total. The number of unbranched alkanes of at least 4 members (excludes halogenated alkanes) is 21. The van der Waals surface area contributed by atoms with Gasteiger partial charge in [0.25, 0.3) is 0 Å². The number of rotatable bonds is 33. The van der Waals surface area contributed by atoms with Crippen LogP contribution in [0.4, 0.5) is 0 Å². The lowest BCUT2D eigenvalue weighted by molar-refractivity contribution is 0.139. The fourth-order valence-electron chi connectivity index (χ4n) is 5.20. The molecule has 0 aromatic carbocycles. The van der Waals surface area contributed by atoms with Gasteiger partial charge in [0, 0.05) is 6.54 Å². The average Bonchev–Trinajstić information content (AvgIpc) is 2.92. The van der Waals surface area contributed by atoms with Crippen LogP contribution in [0.5, 0.6) is 0 Å². The van der Waals surface area contributed by atoms with Crippen molar-refractivity contribution < 1.29 is 18.5 Å². The summed E-state index contributed by atoms with van der Waals surface area (Å²) in [4.78, 5) is 12.6. The van der Waals surface area contributed by atoms with E-state index in [0.29, 0.717) is 6.61 Å². The number of hydrogen-bond acceptors (Lipinski definition) is 4. The highest BCUT2D eigenvalue weighted by Crippen LogP contribution is 2.43. The van der Waals surface area contributed by atoms with Crippen molar-refractivity contribution in [1.29, 1.82) is 0 Å². The van der Waals surface area contributed by atoms with E-state index in [1.165, 1.54) is 141 Å². The van der Waals surface area contributed by atoms with Gasteiger partial charge >= 0.3 is 7.82 Å². The maximum Gasteiger partial charge on any atom is 0.472 e. The van der Waals surface area contributed by atoms with Gasteiger partial charge in [-0.05, 0) is 38.8 Å². The van der Waals surface area contributed by atoms with Crippen LogP contribution in [0.1, 0.15) is 181 Å². The van der Waals surface area contributed by atoms with Gasteiger partial charge in [-0.1, -0.05) is 156 Å². The van der Waals surface area contributed by atoms with E-state index in [4.69, 9.17) is 9.05 Å². The molecule has 0 saturated carbocycles. The molecule has 0 bridgehead atoms. The zero-order valence-corrected chi connectivity index (χ0v) is 27.7. The Bertz CT molecular complexity index is 502. The van der Waals surface area contributed by atoms with Crippen molar-refractivity contribution in [2.45, 2.75) is 181 Å². The zero-order chi connectivity index (χ0) is 28.7. The Labute approximate surface area is 245 Å². The van der Waals surface area contributed by atoms with Crippen molar-refractivity contribution >= 4 is 7.82 Å². The molecule has 0 aromatic heterocycles. The normalized spacial score (nSPS) is 13.4. The monoisotopic (exact) mass is 576 g/mol. The Morgan fingerprint density at radius 2 is 0.718 bits per heavy atom. The van der Waals surface area contributed by atoms with Crippen molar-refractivity contribution in [3.8, 4) is 0 Å². The zero-order valence-electron chi connectivity index (χ0n) is 26.8. The van der Waals surface area contributed by atoms with Crippen LogP contribution in [0.3, 0.4) is 0 Å². The molecule has 5 nitrogen and oxygen atoms in total. The van der Waals surface area contributed by atoms with Gasteiger partial charge in [-0.2, -0.15) is 0 Å². The van der Waals surface area contributed by atoms with Crippen LogP contribution in [0.2, 0.25) is 0 Å². The molecule has 1 atom stereocenters. The summed E-state index contributed by atoms with van der Waals surface area (Å²) in [5.74, 6) is 0. The summed E-state index contributed by atoms with van der Waals surface area (Å²) in [6.07, 6.45) is 31.8. The quantitative estimate of drug-likeness (QED) is 0.0623. The maximum atomic E-state index is 12.3. The Kier molecular flexibility index (Phi) is 31.1. The van der Waals surface area contributed by atoms with Gasteiger partial charge in [-0.15, -0.1) is 0 Å². The highest BCUT2D eigenvalue weighted by atomic mass is 31.2. The third-order valence-corrected chi connectivity index (χ3v) is 8.80. The number of phosphoric ester groups is 1. The van der Waals surface area contributed by atoms with Crippen LogP contribution < -0.4 is 0 Å². The summed E-state index contributed by atoms with van der Waals surface area (Å²) in [6, 6.07) is 0. The van der Waals surface area contributed by atoms with E-state index in [1.54, 1.807) is 0 Å². The fourth-order valence-corrected chi connectivity index (χ4v) is 5.99. The predicted octanol–water partition coefficient (Wildman–Crippen LogP) is 11.2. The molecule has 1 unspecified atom stereocenters. The first-order chi connectivity index (χ1) is 19.1. The number of hydrogen-bond donors (Lipinski definition) is 1. The Hall–Kier alpha value is 0.0700. The minimum absolute atomic E-state index is 0.288. The summed E-state index contributed by atoms with van der Waals surface area (Å²) in [6.45, 7) is 10.6. The van der Waals surface area contributed by atoms with Gasteiger partial charge in [-0.3, -0.25) is 9.05 Å². The summed E-state index contributed by atoms with van der Waals surface area (Å²) in [5, 5.41) is 0. The van der Waals surface area contributed by atoms with E-state index >= 15 is 0 Å². The highest BCUT2D eigenvalue weighted by Gasteiger charge is 2.20. The lowest BCUT2D eigenvalue weighted by Gasteiger charge is -2.22. The topological polar surface area (TPSA) is 59.0 Å². The molecule has 6 heteroatoms. The van der Waals surface area contributed by atoms with Gasteiger partial charge in [0.2, 0.25) is 0 Å². The Balaban J connectivity index is 3.99. The molecule has 236 valence electrons. The summed E-state index contributed by atoms with van der Waals surface area (Å²) in [7, 11) is -3.93. The van der Waals surface area contributed by atoms with E-state index in [-0.39, 0.29) is 6.61 Å². The average molecular weight is 576 g/mol. The smallest absolute Gasteiger partial charge is 0.303 e. The van der Waals surface area contributed by atoms with Gasteiger partial charge in [-0.25, -0.2) is 4.57 Å². The Morgan fingerprint density at radius 3 is 1.10 bits per heavy atom. The first-order valence-corrected chi connectivity index (χ1v) is 18.9. The molecule has 0 saturated heterocycles. The summed E-state index contributed by atoms with van der Waals surface area (Å²) in [5.41, 5.74) is 0. The molecule has 0 amide bonds. The second-order valence-electron chi connectivity index (χ2n) is 11.8. The molecule has 0 aliphatic carbocycles. The van der Waals surface area contributed by atoms with Crippen LogP contribution in [-0.2, 0) is 13.6 Å². The lowest BCUT2D eigenvalue weighted by Crippen LogP contribution is -2.28.